The molecule has 9 nitrogen and oxygen atoms in total. The van der Waals surface area contributed by atoms with Gasteiger partial charge in [0.15, 0.2) is 0 Å². The van der Waals surface area contributed by atoms with Crippen LogP contribution in [0.5, 0.6) is 0 Å². The van der Waals surface area contributed by atoms with Crippen LogP contribution in [0.1, 0.15) is 45.4 Å². The van der Waals surface area contributed by atoms with Gasteiger partial charge in [-0.15, -0.1) is 0 Å². The standard InChI is InChI=1S/C35H45N7O2/c1-4-5-18-41(3)21-16-33(43)37-27-12-14-29-31(23-27)40-32-24-28(38-34(44)17-22-42-19-6-7-20-42)13-15-30(32)35(29)39-26-10-8-25(36-2)9-11-26/h8-15,23-24,36H,4-7,16-22H2,1-3H3,(H,37,43)(H,38,44)(H,39,40). The van der Waals surface area contributed by atoms with E-state index in [4.69, 9.17) is 4.98 Å². The van der Waals surface area contributed by atoms with Gasteiger partial charge in [-0.3, -0.25) is 9.59 Å². The van der Waals surface area contributed by atoms with E-state index < -0.39 is 0 Å². The third-order valence-corrected chi connectivity index (χ3v) is 8.25. The van der Waals surface area contributed by atoms with Gasteiger partial charge < -0.3 is 31.1 Å². The van der Waals surface area contributed by atoms with E-state index in [1.807, 2.05) is 67.7 Å². The second-order valence-corrected chi connectivity index (χ2v) is 11.7. The molecule has 2 amide bonds. The smallest absolute Gasteiger partial charge is 0.225 e. The Balaban J connectivity index is 1.40. The molecule has 0 radical (unpaired) electrons. The highest BCUT2D eigenvalue weighted by Crippen LogP contribution is 2.35. The van der Waals surface area contributed by atoms with Crippen LogP contribution < -0.4 is 21.3 Å². The minimum absolute atomic E-state index is 0.00495. The molecule has 0 saturated carbocycles. The first kappa shape index (κ1) is 31.2. The van der Waals surface area contributed by atoms with Crippen LogP contribution in [0.15, 0.2) is 60.7 Å². The first-order chi connectivity index (χ1) is 21.4. The lowest BCUT2D eigenvalue weighted by Crippen LogP contribution is -2.25. The van der Waals surface area contributed by atoms with Crippen molar-refractivity contribution in [3.63, 3.8) is 0 Å². The number of unbranched alkanes of at least 4 members (excludes halogenated alkanes) is 1. The molecule has 1 aliphatic rings. The molecule has 4 aromatic rings. The normalized spacial score (nSPS) is 13.5. The fourth-order valence-electron chi connectivity index (χ4n) is 5.65. The van der Waals surface area contributed by atoms with Crippen molar-refractivity contribution < 1.29 is 9.59 Å². The SMILES string of the molecule is CCCCN(C)CCC(=O)Nc1ccc2c(Nc3ccc(NC)cc3)c3ccc(NC(=O)CCN4CCCC4)cc3nc2c1. The number of carbonyl (C=O) groups excluding carboxylic acids is 2. The third-order valence-electron chi connectivity index (χ3n) is 8.25. The Morgan fingerprint density at radius 1 is 0.795 bits per heavy atom. The van der Waals surface area contributed by atoms with E-state index in [0.29, 0.717) is 18.5 Å². The number of likely N-dealkylation sites (tertiary alicyclic amines) is 1. The number of anilines is 5. The molecule has 0 unspecified atom stereocenters. The molecule has 4 N–H and O–H groups in total. The molecule has 0 bridgehead atoms. The number of nitrogens with one attached hydrogen (secondary N) is 4. The first-order valence-corrected chi connectivity index (χ1v) is 15.8. The lowest BCUT2D eigenvalue weighted by atomic mass is 10.1. The predicted molar refractivity (Wildman–Crippen MR) is 183 cm³/mol. The first-order valence-electron chi connectivity index (χ1n) is 15.8. The Bertz CT molecular complexity index is 1580. The van der Waals surface area contributed by atoms with E-state index in [1.54, 1.807) is 0 Å². The van der Waals surface area contributed by atoms with Crippen molar-refractivity contribution in [2.75, 3.05) is 68.1 Å². The summed E-state index contributed by atoms with van der Waals surface area (Å²) in [6.07, 6.45) is 5.59. The molecule has 1 aliphatic heterocycles. The largest absolute Gasteiger partial charge is 0.388 e. The zero-order valence-electron chi connectivity index (χ0n) is 26.2. The molecule has 0 aliphatic carbocycles. The molecule has 0 spiro atoms. The summed E-state index contributed by atoms with van der Waals surface area (Å²) in [6.45, 7) is 6.82. The molecule has 9 heteroatoms. The maximum absolute atomic E-state index is 12.8. The molecule has 44 heavy (non-hydrogen) atoms. The number of rotatable bonds is 14. The Hall–Kier alpha value is -4.21. The van der Waals surface area contributed by atoms with Crippen LogP contribution >= 0.6 is 0 Å². The van der Waals surface area contributed by atoms with E-state index >= 15 is 0 Å². The minimum Gasteiger partial charge on any atom is -0.388 e. The van der Waals surface area contributed by atoms with Crippen molar-refractivity contribution >= 4 is 62.1 Å². The van der Waals surface area contributed by atoms with Gasteiger partial charge in [-0.1, -0.05) is 13.3 Å². The number of pyridine rings is 1. The van der Waals surface area contributed by atoms with Crippen LogP contribution in [-0.2, 0) is 9.59 Å². The number of carbonyl (C=O) groups is 2. The van der Waals surface area contributed by atoms with E-state index in [2.05, 4.69) is 45.0 Å². The summed E-state index contributed by atoms with van der Waals surface area (Å²) in [6, 6.07) is 19.8. The second kappa shape index (κ2) is 15.0. The number of hydrogen-bond donors (Lipinski definition) is 4. The maximum atomic E-state index is 12.8. The molecular formula is C35H45N7O2. The number of fused-ring (bicyclic) bond motifs is 2. The van der Waals surface area contributed by atoms with Gasteiger partial charge in [-0.25, -0.2) is 4.98 Å². The second-order valence-electron chi connectivity index (χ2n) is 11.7. The van der Waals surface area contributed by atoms with Crippen LogP contribution in [0, 0.1) is 0 Å². The third kappa shape index (κ3) is 8.24. The van der Waals surface area contributed by atoms with Crippen LogP contribution in [0.25, 0.3) is 21.8 Å². The summed E-state index contributed by atoms with van der Waals surface area (Å²) in [4.78, 5) is 35.0. The summed E-state index contributed by atoms with van der Waals surface area (Å²) < 4.78 is 0. The quantitative estimate of drug-likeness (QED) is 0.121. The molecule has 0 atom stereocenters. The highest BCUT2D eigenvalue weighted by molar-refractivity contribution is 6.10. The lowest BCUT2D eigenvalue weighted by molar-refractivity contribution is -0.117. The summed E-state index contributed by atoms with van der Waals surface area (Å²) in [7, 11) is 3.95. The monoisotopic (exact) mass is 595 g/mol. The fraction of sp³-hybridized carbons (Fsp3) is 0.400. The lowest BCUT2D eigenvalue weighted by Gasteiger charge is -2.17. The Morgan fingerprint density at radius 2 is 1.36 bits per heavy atom. The number of benzene rings is 3. The zero-order chi connectivity index (χ0) is 30.9. The van der Waals surface area contributed by atoms with E-state index in [9.17, 15) is 9.59 Å². The Labute approximate surface area is 260 Å². The maximum Gasteiger partial charge on any atom is 0.225 e. The number of amides is 2. The molecule has 1 fully saturated rings. The predicted octanol–water partition coefficient (Wildman–Crippen LogP) is 6.66. The molecular weight excluding hydrogens is 550 g/mol. The van der Waals surface area contributed by atoms with Gasteiger partial charge in [-0.05, 0) is 107 Å². The number of aromatic nitrogens is 1. The van der Waals surface area contributed by atoms with Crippen LogP contribution in [0.4, 0.5) is 28.4 Å². The highest BCUT2D eigenvalue weighted by atomic mass is 16.2. The van der Waals surface area contributed by atoms with Crippen LogP contribution in [0.3, 0.4) is 0 Å². The average molecular weight is 596 g/mol. The minimum atomic E-state index is -0.0182. The van der Waals surface area contributed by atoms with E-state index in [0.717, 1.165) is 90.1 Å². The van der Waals surface area contributed by atoms with Gasteiger partial charge in [0.25, 0.3) is 0 Å². The molecule has 1 aromatic heterocycles. The van der Waals surface area contributed by atoms with Gasteiger partial charge in [-0.2, -0.15) is 0 Å². The topological polar surface area (TPSA) is 102 Å². The van der Waals surface area contributed by atoms with E-state index in [-0.39, 0.29) is 11.8 Å². The van der Waals surface area contributed by atoms with Crippen LogP contribution in [0.2, 0.25) is 0 Å². The molecule has 3 aromatic carbocycles. The van der Waals surface area contributed by atoms with Gasteiger partial charge in [0.05, 0.1) is 16.7 Å². The van der Waals surface area contributed by atoms with Crippen molar-refractivity contribution in [2.45, 2.75) is 45.4 Å². The molecule has 2 heterocycles. The molecule has 5 rings (SSSR count). The molecule has 1 saturated heterocycles. The summed E-state index contributed by atoms with van der Waals surface area (Å²) in [5, 5.41) is 14.8. The Morgan fingerprint density at radius 3 is 1.95 bits per heavy atom. The van der Waals surface area contributed by atoms with Crippen molar-refractivity contribution in [1.29, 1.82) is 0 Å². The summed E-state index contributed by atoms with van der Waals surface area (Å²) >= 11 is 0. The van der Waals surface area contributed by atoms with E-state index in [1.165, 1.54) is 12.8 Å². The summed E-state index contributed by atoms with van der Waals surface area (Å²) in [5.74, 6) is -0.0132. The number of nitrogens with zero attached hydrogens (tertiary/aromatic N) is 3. The van der Waals surface area contributed by atoms with Crippen molar-refractivity contribution in [3.05, 3.63) is 60.7 Å². The summed E-state index contributed by atoms with van der Waals surface area (Å²) in [5.41, 5.74) is 5.83. The zero-order valence-corrected chi connectivity index (χ0v) is 26.2. The Kier molecular flexibility index (Phi) is 10.6. The average Bonchev–Trinajstić information content (AvgIpc) is 3.56. The highest BCUT2D eigenvalue weighted by Gasteiger charge is 2.15. The van der Waals surface area contributed by atoms with Crippen molar-refractivity contribution in [2.24, 2.45) is 0 Å². The van der Waals surface area contributed by atoms with Crippen molar-refractivity contribution in [3.8, 4) is 0 Å². The molecule has 232 valence electrons. The number of hydrogen-bond acceptors (Lipinski definition) is 7. The van der Waals surface area contributed by atoms with Crippen molar-refractivity contribution in [1.82, 2.24) is 14.8 Å². The van der Waals surface area contributed by atoms with Gasteiger partial charge in [0.2, 0.25) is 11.8 Å². The van der Waals surface area contributed by atoms with Gasteiger partial charge >= 0.3 is 0 Å². The van der Waals surface area contributed by atoms with Crippen LogP contribution in [-0.4, -0.2) is 73.4 Å². The van der Waals surface area contributed by atoms with Gasteiger partial charge in [0, 0.05) is 66.5 Å². The van der Waals surface area contributed by atoms with Gasteiger partial charge in [0.1, 0.15) is 0 Å². The fourth-order valence-corrected chi connectivity index (χ4v) is 5.65.